The van der Waals surface area contributed by atoms with Crippen LogP contribution in [0, 0.1) is 0 Å². The van der Waals surface area contributed by atoms with E-state index in [1.165, 1.54) is 23.7 Å². The molecule has 0 saturated carbocycles. The quantitative estimate of drug-likeness (QED) is 0.707. The van der Waals surface area contributed by atoms with Crippen LogP contribution in [0.3, 0.4) is 0 Å². The van der Waals surface area contributed by atoms with Crippen LogP contribution in [0.4, 0.5) is 0 Å². The predicted octanol–water partition coefficient (Wildman–Crippen LogP) is 4.10. The van der Waals surface area contributed by atoms with Gasteiger partial charge in [0.25, 0.3) is 5.91 Å². The van der Waals surface area contributed by atoms with Crippen molar-refractivity contribution in [2.24, 2.45) is 0 Å². The van der Waals surface area contributed by atoms with Gasteiger partial charge < -0.3 is 4.90 Å². The van der Waals surface area contributed by atoms with Gasteiger partial charge in [-0.1, -0.05) is 36.8 Å². The first-order chi connectivity index (χ1) is 11.8. The lowest BCUT2D eigenvalue weighted by atomic mass is 9.94. The SMILES string of the molecule is O=C(c1ccc2nsnc2c1)N1CCCCC(c2ccccc2)C1. The Morgan fingerprint density at radius 2 is 1.88 bits per heavy atom. The number of fused-ring (bicyclic) bond motifs is 1. The Morgan fingerprint density at radius 1 is 1.04 bits per heavy atom. The van der Waals surface area contributed by atoms with Crippen molar-refractivity contribution in [3.63, 3.8) is 0 Å². The standard InChI is InChI=1S/C19H19N3OS/c23-19(15-9-10-17-18(12-15)21-24-20-17)22-11-5-4-8-16(13-22)14-6-2-1-3-7-14/h1-3,6-7,9-10,12,16H,4-5,8,11,13H2. The summed E-state index contributed by atoms with van der Waals surface area (Å²) >= 11 is 1.18. The number of carbonyl (C=O) groups excluding carboxylic acids is 1. The number of aromatic nitrogens is 2. The minimum Gasteiger partial charge on any atom is -0.338 e. The zero-order chi connectivity index (χ0) is 16.4. The average molecular weight is 337 g/mol. The van der Waals surface area contributed by atoms with Crippen LogP contribution in [0.1, 0.15) is 41.1 Å². The molecule has 0 radical (unpaired) electrons. The van der Waals surface area contributed by atoms with Crippen molar-refractivity contribution in [1.82, 2.24) is 13.6 Å². The third-order valence-corrected chi connectivity index (χ3v) is 5.29. The summed E-state index contributed by atoms with van der Waals surface area (Å²) in [4.78, 5) is 15.0. The van der Waals surface area contributed by atoms with Gasteiger partial charge in [-0.2, -0.15) is 8.75 Å². The molecule has 4 nitrogen and oxygen atoms in total. The van der Waals surface area contributed by atoms with E-state index in [-0.39, 0.29) is 5.91 Å². The molecule has 1 aliphatic rings. The Morgan fingerprint density at radius 3 is 2.75 bits per heavy atom. The van der Waals surface area contributed by atoms with E-state index >= 15 is 0 Å². The second-order valence-electron chi connectivity index (χ2n) is 6.32. The van der Waals surface area contributed by atoms with Crippen molar-refractivity contribution in [3.05, 3.63) is 59.7 Å². The Kier molecular flexibility index (Phi) is 4.26. The number of hydrogen-bond donors (Lipinski definition) is 0. The molecule has 122 valence electrons. The normalized spacial score (nSPS) is 18.5. The van der Waals surface area contributed by atoms with E-state index < -0.39 is 0 Å². The molecule has 1 amide bonds. The highest BCUT2D eigenvalue weighted by Gasteiger charge is 2.24. The van der Waals surface area contributed by atoms with Gasteiger partial charge in [-0.3, -0.25) is 4.79 Å². The summed E-state index contributed by atoms with van der Waals surface area (Å²) in [5, 5.41) is 0. The smallest absolute Gasteiger partial charge is 0.253 e. The van der Waals surface area contributed by atoms with E-state index in [1.54, 1.807) is 0 Å². The van der Waals surface area contributed by atoms with Crippen molar-refractivity contribution in [2.45, 2.75) is 25.2 Å². The number of amides is 1. The van der Waals surface area contributed by atoms with E-state index in [2.05, 4.69) is 33.0 Å². The second kappa shape index (κ2) is 6.69. The number of likely N-dealkylation sites (tertiary alicyclic amines) is 1. The molecule has 0 N–H and O–H groups in total. The third-order valence-electron chi connectivity index (χ3n) is 4.73. The molecule has 0 bridgehead atoms. The van der Waals surface area contributed by atoms with Gasteiger partial charge in [0.1, 0.15) is 11.0 Å². The molecule has 1 atom stereocenters. The van der Waals surface area contributed by atoms with Crippen LogP contribution in [-0.4, -0.2) is 32.6 Å². The number of benzene rings is 2. The highest BCUT2D eigenvalue weighted by atomic mass is 32.1. The van der Waals surface area contributed by atoms with Crippen LogP contribution in [0.25, 0.3) is 11.0 Å². The lowest BCUT2D eigenvalue weighted by molar-refractivity contribution is 0.0754. The molecular weight excluding hydrogens is 318 g/mol. The minimum atomic E-state index is 0.104. The third kappa shape index (κ3) is 3.04. The van der Waals surface area contributed by atoms with E-state index in [4.69, 9.17) is 0 Å². The second-order valence-corrected chi connectivity index (χ2v) is 6.85. The maximum absolute atomic E-state index is 13.0. The molecule has 1 aromatic heterocycles. The fourth-order valence-electron chi connectivity index (χ4n) is 3.42. The highest BCUT2D eigenvalue weighted by Crippen LogP contribution is 2.27. The van der Waals surface area contributed by atoms with Gasteiger partial charge in [0, 0.05) is 24.6 Å². The number of rotatable bonds is 2. The van der Waals surface area contributed by atoms with Crippen LogP contribution in [0.2, 0.25) is 0 Å². The molecule has 24 heavy (non-hydrogen) atoms. The van der Waals surface area contributed by atoms with E-state index in [0.29, 0.717) is 11.5 Å². The molecule has 3 aromatic rings. The summed E-state index contributed by atoms with van der Waals surface area (Å²) in [6.45, 7) is 1.62. The van der Waals surface area contributed by atoms with Gasteiger partial charge in [-0.05, 0) is 36.6 Å². The molecule has 1 unspecified atom stereocenters. The van der Waals surface area contributed by atoms with Gasteiger partial charge in [0.15, 0.2) is 0 Å². The topological polar surface area (TPSA) is 46.1 Å². The van der Waals surface area contributed by atoms with Gasteiger partial charge in [-0.25, -0.2) is 0 Å². The van der Waals surface area contributed by atoms with Gasteiger partial charge in [0.05, 0.1) is 11.7 Å². The molecule has 5 heteroatoms. The highest BCUT2D eigenvalue weighted by molar-refractivity contribution is 7.00. The molecule has 1 aliphatic heterocycles. The number of hydrogen-bond acceptors (Lipinski definition) is 4. The van der Waals surface area contributed by atoms with Crippen LogP contribution >= 0.6 is 11.7 Å². The van der Waals surface area contributed by atoms with E-state index in [0.717, 1.165) is 37.0 Å². The van der Waals surface area contributed by atoms with Crippen molar-refractivity contribution in [2.75, 3.05) is 13.1 Å². The summed E-state index contributed by atoms with van der Waals surface area (Å²) in [5.41, 5.74) is 3.70. The fourth-order valence-corrected chi connectivity index (χ4v) is 3.94. The first-order valence-corrected chi connectivity index (χ1v) is 9.11. The molecule has 4 rings (SSSR count). The maximum Gasteiger partial charge on any atom is 0.253 e. The average Bonchev–Trinajstić information content (AvgIpc) is 2.96. The van der Waals surface area contributed by atoms with Crippen molar-refractivity contribution >= 4 is 28.7 Å². The predicted molar refractivity (Wildman–Crippen MR) is 96.4 cm³/mol. The molecular formula is C19H19N3OS. The zero-order valence-electron chi connectivity index (χ0n) is 13.4. The van der Waals surface area contributed by atoms with Crippen LogP contribution in [0.15, 0.2) is 48.5 Å². The molecule has 1 fully saturated rings. The lowest BCUT2D eigenvalue weighted by Gasteiger charge is -2.25. The first-order valence-electron chi connectivity index (χ1n) is 8.38. The Hall–Kier alpha value is -2.27. The van der Waals surface area contributed by atoms with Crippen LogP contribution in [-0.2, 0) is 0 Å². The summed E-state index contributed by atoms with van der Waals surface area (Å²) < 4.78 is 8.45. The zero-order valence-corrected chi connectivity index (χ0v) is 14.2. The lowest BCUT2D eigenvalue weighted by Crippen LogP contribution is -2.34. The summed E-state index contributed by atoms with van der Waals surface area (Å²) in [5.74, 6) is 0.523. The van der Waals surface area contributed by atoms with E-state index in [1.807, 2.05) is 29.2 Å². The molecule has 2 heterocycles. The van der Waals surface area contributed by atoms with Crippen LogP contribution in [0.5, 0.6) is 0 Å². The van der Waals surface area contributed by atoms with E-state index in [9.17, 15) is 4.79 Å². The minimum absolute atomic E-state index is 0.104. The first kappa shape index (κ1) is 15.3. The largest absolute Gasteiger partial charge is 0.338 e. The monoisotopic (exact) mass is 337 g/mol. The van der Waals surface area contributed by atoms with Crippen molar-refractivity contribution in [3.8, 4) is 0 Å². The Labute approximate surface area is 145 Å². The number of carbonyl (C=O) groups is 1. The molecule has 0 aliphatic carbocycles. The Balaban J connectivity index is 1.58. The number of nitrogens with zero attached hydrogens (tertiary/aromatic N) is 3. The van der Waals surface area contributed by atoms with Crippen LogP contribution < -0.4 is 0 Å². The summed E-state index contributed by atoms with van der Waals surface area (Å²) in [7, 11) is 0. The molecule has 2 aromatic carbocycles. The van der Waals surface area contributed by atoms with Gasteiger partial charge >= 0.3 is 0 Å². The molecule has 0 spiro atoms. The van der Waals surface area contributed by atoms with Gasteiger partial charge in [0.2, 0.25) is 0 Å². The summed E-state index contributed by atoms with van der Waals surface area (Å²) in [6.07, 6.45) is 3.37. The van der Waals surface area contributed by atoms with Crippen molar-refractivity contribution in [1.29, 1.82) is 0 Å². The van der Waals surface area contributed by atoms with Gasteiger partial charge in [-0.15, -0.1) is 0 Å². The van der Waals surface area contributed by atoms with Crippen molar-refractivity contribution < 1.29 is 4.79 Å². The Bertz CT molecular complexity index is 846. The molecule has 1 saturated heterocycles. The summed E-state index contributed by atoms with van der Waals surface area (Å²) in [6, 6.07) is 16.2. The maximum atomic E-state index is 13.0. The fraction of sp³-hybridized carbons (Fsp3) is 0.316.